The summed E-state index contributed by atoms with van der Waals surface area (Å²) in [6.45, 7) is 1.07. The molecule has 0 bridgehead atoms. The monoisotopic (exact) mass is 457 g/mol. The van der Waals surface area contributed by atoms with Crippen molar-refractivity contribution in [3.63, 3.8) is 0 Å². The van der Waals surface area contributed by atoms with Crippen molar-refractivity contribution < 1.29 is 27.6 Å². The molecule has 4 rings (SSSR count). The molecule has 174 valence electrons. The van der Waals surface area contributed by atoms with Crippen LogP contribution >= 0.6 is 0 Å². The van der Waals surface area contributed by atoms with Gasteiger partial charge in [-0.3, -0.25) is 4.79 Å². The molecule has 1 aromatic heterocycles. The topological polar surface area (TPSA) is 77.7 Å². The fourth-order valence-corrected chi connectivity index (χ4v) is 3.74. The van der Waals surface area contributed by atoms with Gasteiger partial charge in [0.25, 0.3) is 0 Å². The van der Waals surface area contributed by atoms with Gasteiger partial charge in [-0.1, -0.05) is 5.16 Å². The van der Waals surface area contributed by atoms with Gasteiger partial charge in [-0.15, -0.1) is 0 Å². The molecule has 1 fully saturated rings. The number of hydrogen-bond acceptors (Lipinski definition) is 6. The van der Waals surface area contributed by atoms with Crippen LogP contribution in [0.5, 0.6) is 11.5 Å². The number of piperidine rings is 1. The van der Waals surface area contributed by atoms with Crippen molar-refractivity contribution in [3.8, 4) is 22.9 Å². The third-order valence-corrected chi connectivity index (χ3v) is 5.58. The van der Waals surface area contributed by atoms with Crippen LogP contribution in [0.4, 0.5) is 8.78 Å². The molecule has 33 heavy (non-hydrogen) atoms. The van der Waals surface area contributed by atoms with Gasteiger partial charge in [-0.05, 0) is 42.8 Å². The van der Waals surface area contributed by atoms with Crippen molar-refractivity contribution in [1.29, 1.82) is 0 Å². The lowest BCUT2D eigenvalue weighted by atomic mass is 10.1. The fourth-order valence-electron chi connectivity index (χ4n) is 3.74. The largest absolute Gasteiger partial charge is 0.497 e. The Labute approximate surface area is 190 Å². The average Bonchev–Trinajstić information content (AvgIpc) is 3.30. The van der Waals surface area contributed by atoms with Crippen LogP contribution in [0.2, 0.25) is 0 Å². The quantitative estimate of drug-likeness (QED) is 0.499. The molecule has 2 aromatic carbocycles. The molecule has 1 amide bonds. The molecule has 9 heteroatoms. The average molecular weight is 457 g/mol. The summed E-state index contributed by atoms with van der Waals surface area (Å²) in [4.78, 5) is 18.7. The number of benzene rings is 2. The van der Waals surface area contributed by atoms with Crippen molar-refractivity contribution in [1.82, 2.24) is 15.0 Å². The number of aromatic nitrogens is 2. The Hall–Kier alpha value is -3.49. The van der Waals surface area contributed by atoms with E-state index in [-0.39, 0.29) is 17.8 Å². The Morgan fingerprint density at radius 3 is 2.61 bits per heavy atom. The van der Waals surface area contributed by atoms with E-state index in [9.17, 15) is 13.6 Å². The van der Waals surface area contributed by atoms with Crippen molar-refractivity contribution in [2.24, 2.45) is 0 Å². The van der Waals surface area contributed by atoms with Crippen LogP contribution in [0, 0.1) is 11.6 Å². The second kappa shape index (κ2) is 10.4. The summed E-state index contributed by atoms with van der Waals surface area (Å²) in [5.41, 5.74) is 0.826. The highest BCUT2D eigenvalue weighted by Crippen LogP contribution is 2.24. The van der Waals surface area contributed by atoms with E-state index in [4.69, 9.17) is 14.0 Å². The standard InChI is InChI=1S/C24H25F2N3O4/c1-31-18-8-5-16(6-9-18)24-27-22(33-28-24)3-2-4-23(30)29-13-11-19(12-14-29)32-21-10-7-17(25)15-20(21)26/h5-10,15,19H,2-4,11-14H2,1H3. The first-order chi connectivity index (χ1) is 16.0. The minimum absolute atomic E-state index is 0.0368. The maximum atomic E-state index is 13.8. The normalized spacial score (nSPS) is 14.3. The highest BCUT2D eigenvalue weighted by atomic mass is 19.1. The zero-order chi connectivity index (χ0) is 23.2. The maximum Gasteiger partial charge on any atom is 0.226 e. The van der Waals surface area contributed by atoms with Gasteiger partial charge in [0.15, 0.2) is 11.6 Å². The highest BCUT2D eigenvalue weighted by Gasteiger charge is 2.24. The number of halogens is 2. The van der Waals surface area contributed by atoms with Crippen LogP contribution in [0.1, 0.15) is 31.6 Å². The predicted octanol–water partition coefficient (Wildman–Crippen LogP) is 4.42. The summed E-state index contributed by atoms with van der Waals surface area (Å²) in [6.07, 6.45) is 2.47. The second-order valence-corrected chi connectivity index (χ2v) is 7.87. The smallest absolute Gasteiger partial charge is 0.226 e. The number of carbonyl (C=O) groups is 1. The number of ether oxygens (including phenoxy) is 2. The molecular weight excluding hydrogens is 432 g/mol. The predicted molar refractivity (Wildman–Crippen MR) is 116 cm³/mol. The molecule has 0 radical (unpaired) electrons. The van der Waals surface area contributed by atoms with Gasteiger partial charge in [0.1, 0.15) is 17.7 Å². The molecule has 1 saturated heterocycles. The summed E-state index contributed by atoms with van der Waals surface area (Å²) in [7, 11) is 1.61. The zero-order valence-corrected chi connectivity index (χ0v) is 18.3. The number of methoxy groups -OCH3 is 1. The molecule has 3 aromatic rings. The van der Waals surface area contributed by atoms with Gasteiger partial charge in [0.2, 0.25) is 17.6 Å². The van der Waals surface area contributed by atoms with E-state index >= 15 is 0 Å². The van der Waals surface area contributed by atoms with Crippen molar-refractivity contribution in [3.05, 3.63) is 60.0 Å². The van der Waals surface area contributed by atoms with Crippen LogP contribution in [-0.4, -0.2) is 47.3 Å². The van der Waals surface area contributed by atoms with Crippen LogP contribution in [0.15, 0.2) is 47.0 Å². The lowest BCUT2D eigenvalue weighted by Gasteiger charge is -2.32. The summed E-state index contributed by atoms with van der Waals surface area (Å²) < 4.78 is 42.9. The third-order valence-electron chi connectivity index (χ3n) is 5.58. The van der Waals surface area contributed by atoms with E-state index in [1.807, 2.05) is 24.3 Å². The van der Waals surface area contributed by atoms with Gasteiger partial charge in [-0.2, -0.15) is 4.98 Å². The Bertz CT molecular complexity index is 1080. The number of carbonyl (C=O) groups excluding carboxylic acids is 1. The van der Waals surface area contributed by atoms with Crippen molar-refractivity contribution in [2.75, 3.05) is 20.2 Å². The first kappa shape index (κ1) is 22.7. The number of amides is 1. The molecule has 0 spiro atoms. The summed E-state index contributed by atoms with van der Waals surface area (Å²) in [5, 5.41) is 4.00. The second-order valence-electron chi connectivity index (χ2n) is 7.87. The van der Waals surface area contributed by atoms with Gasteiger partial charge < -0.3 is 18.9 Å². The van der Waals surface area contributed by atoms with Crippen LogP contribution in [0.25, 0.3) is 11.4 Å². The van der Waals surface area contributed by atoms with Gasteiger partial charge in [0.05, 0.1) is 7.11 Å². The number of aryl methyl sites for hydroxylation is 1. The Morgan fingerprint density at radius 1 is 1.15 bits per heavy atom. The van der Waals surface area contributed by atoms with E-state index in [2.05, 4.69) is 10.1 Å². The van der Waals surface area contributed by atoms with E-state index in [0.29, 0.717) is 56.9 Å². The first-order valence-electron chi connectivity index (χ1n) is 10.9. The zero-order valence-electron chi connectivity index (χ0n) is 18.3. The van der Waals surface area contributed by atoms with Crippen molar-refractivity contribution >= 4 is 5.91 Å². The maximum absolute atomic E-state index is 13.8. The van der Waals surface area contributed by atoms with E-state index in [1.54, 1.807) is 12.0 Å². The minimum atomic E-state index is -0.718. The molecule has 0 unspecified atom stereocenters. The highest BCUT2D eigenvalue weighted by molar-refractivity contribution is 5.76. The molecule has 1 aliphatic heterocycles. The van der Waals surface area contributed by atoms with Crippen LogP contribution < -0.4 is 9.47 Å². The Kier molecular flexibility index (Phi) is 7.16. The SMILES string of the molecule is COc1ccc(-c2noc(CCCC(=O)N3CCC(Oc4ccc(F)cc4F)CC3)n2)cc1. The Balaban J connectivity index is 1.20. The third kappa shape index (κ3) is 5.85. The summed E-state index contributed by atoms with van der Waals surface area (Å²) in [5.74, 6) is 0.466. The van der Waals surface area contributed by atoms with Gasteiger partial charge in [-0.25, -0.2) is 8.78 Å². The molecule has 1 aliphatic rings. The molecule has 0 atom stereocenters. The summed E-state index contributed by atoms with van der Waals surface area (Å²) in [6, 6.07) is 10.6. The number of likely N-dealkylation sites (tertiary alicyclic amines) is 1. The van der Waals surface area contributed by atoms with E-state index in [1.165, 1.54) is 12.1 Å². The fraction of sp³-hybridized carbons (Fsp3) is 0.375. The summed E-state index contributed by atoms with van der Waals surface area (Å²) >= 11 is 0. The van der Waals surface area contributed by atoms with Crippen LogP contribution in [-0.2, 0) is 11.2 Å². The molecule has 7 nitrogen and oxygen atoms in total. The number of rotatable bonds is 8. The van der Waals surface area contributed by atoms with Gasteiger partial charge >= 0.3 is 0 Å². The lowest BCUT2D eigenvalue weighted by Crippen LogP contribution is -2.41. The Morgan fingerprint density at radius 2 is 1.91 bits per heavy atom. The lowest BCUT2D eigenvalue weighted by molar-refractivity contribution is -0.133. The molecular formula is C24H25F2N3O4. The first-order valence-corrected chi connectivity index (χ1v) is 10.9. The van der Waals surface area contributed by atoms with E-state index in [0.717, 1.165) is 17.4 Å². The van der Waals surface area contributed by atoms with E-state index < -0.39 is 11.6 Å². The van der Waals surface area contributed by atoms with Gasteiger partial charge in [0, 0.05) is 50.4 Å². The van der Waals surface area contributed by atoms with Crippen molar-refractivity contribution in [2.45, 2.75) is 38.2 Å². The minimum Gasteiger partial charge on any atom is -0.497 e. The molecule has 2 heterocycles. The molecule has 0 N–H and O–H groups in total. The molecule has 0 aliphatic carbocycles. The van der Waals surface area contributed by atoms with Crippen LogP contribution in [0.3, 0.4) is 0 Å². The number of nitrogens with zero attached hydrogens (tertiary/aromatic N) is 3. The number of hydrogen-bond donors (Lipinski definition) is 0. The molecule has 0 saturated carbocycles.